The van der Waals surface area contributed by atoms with E-state index in [1.54, 1.807) is 0 Å². The van der Waals surface area contributed by atoms with Crippen LogP contribution in [0.5, 0.6) is 11.5 Å². The molecule has 1 aliphatic rings. The van der Waals surface area contributed by atoms with Crippen molar-refractivity contribution in [2.45, 2.75) is 0 Å². The SMILES string of the molecule is c1ccc(-c2ccc(-c3ccc(N(c4ccc(-c5cccc6ccccc56)cc4)c4ccccc4-c4ccc5c(c4)-c4cccc6cccc(c46)O5)cc3)cc2-c2ccccc2)cc1. The monoisotopic (exact) mass is 815 g/mol. The lowest BCUT2D eigenvalue weighted by atomic mass is 9.91. The van der Waals surface area contributed by atoms with Gasteiger partial charge in [0.1, 0.15) is 11.5 Å². The molecule has 2 nitrogen and oxygen atoms in total. The van der Waals surface area contributed by atoms with Gasteiger partial charge in [-0.15, -0.1) is 0 Å². The van der Waals surface area contributed by atoms with Crippen molar-refractivity contribution in [3.05, 3.63) is 249 Å². The lowest BCUT2D eigenvalue weighted by Crippen LogP contribution is -2.11. The molecular formula is C62H41NO. The van der Waals surface area contributed by atoms with Crippen molar-refractivity contribution in [3.63, 3.8) is 0 Å². The Hall–Kier alpha value is -8.46. The molecule has 12 rings (SSSR count). The smallest absolute Gasteiger partial charge is 0.135 e. The zero-order valence-electron chi connectivity index (χ0n) is 35.0. The van der Waals surface area contributed by atoms with E-state index in [2.05, 4.69) is 254 Å². The van der Waals surface area contributed by atoms with Crippen molar-refractivity contribution >= 4 is 38.6 Å². The molecule has 2 heteroatoms. The predicted octanol–water partition coefficient (Wildman–Crippen LogP) is 17.6. The van der Waals surface area contributed by atoms with E-state index in [1.807, 2.05) is 0 Å². The molecule has 1 heterocycles. The third-order valence-electron chi connectivity index (χ3n) is 12.7. The number of hydrogen-bond acceptors (Lipinski definition) is 2. The normalized spacial score (nSPS) is 11.6. The number of anilines is 3. The summed E-state index contributed by atoms with van der Waals surface area (Å²) in [6.07, 6.45) is 0. The molecule has 0 radical (unpaired) electrons. The quantitative estimate of drug-likeness (QED) is 0.151. The highest BCUT2D eigenvalue weighted by Gasteiger charge is 2.23. The Kier molecular flexibility index (Phi) is 9.20. The summed E-state index contributed by atoms with van der Waals surface area (Å²) in [5, 5.41) is 4.82. The van der Waals surface area contributed by atoms with Crippen molar-refractivity contribution < 1.29 is 4.74 Å². The second-order valence-corrected chi connectivity index (χ2v) is 16.4. The number of nitrogens with zero attached hydrogens (tertiary/aromatic N) is 1. The summed E-state index contributed by atoms with van der Waals surface area (Å²) in [7, 11) is 0. The summed E-state index contributed by atoms with van der Waals surface area (Å²) in [5.74, 6) is 1.77. The summed E-state index contributed by atoms with van der Waals surface area (Å²) < 4.78 is 6.53. The minimum atomic E-state index is 0.871. The number of fused-ring (bicyclic) bond motifs is 3. The molecule has 300 valence electrons. The molecule has 0 saturated heterocycles. The van der Waals surface area contributed by atoms with Gasteiger partial charge < -0.3 is 9.64 Å². The van der Waals surface area contributed by atoms with Crippen LogP contribution >= 0.6 is 0 Å². The average molecular weight is 816 g/mol. The zero-order chi connectivity index (χ0) is 42.4. The highest BCUT2D eigenvalue weighted by molar-refractivity contribution is 6.05. The molecule has 0 spiro atoms. The number of para-hydroxylation sites is 1. The fourth-order valence-corrected chi connectivity index (χ4v) is 9.59. The number of benzene rings is 11. The first-order valence-corrected chi connectivity index (χ1v) is 21.9. The molecule has 0 saturated carbocycles. The fraction of sp³-hybridized carbons (Fsp3) is 0. The maximum atomic E-state index is 6.53. The average Bonchev–Trinajstić information content (AvgIpc) is 3.37. The highest BCUT2D eigenvalue weighted by Crippen LogP contribution is 2.49. The Bertz CT molecular complexity index is 3490. The van der Waals surface area contributed by atoms with Gasteiger partial charge in [-0.25, -0.2) is 0 Å². The van der Waals surface area contributed by atoms with E-state index in [0.717, 1.165) is 56.2 Å². The van der Waals surface area contributed by atoms with E-state index in [1.165, 1.54) is 60.7 Å². The van der Waals surface area contributed by atoms with Crippen LogP contribution in [0.25, 0.3) is 88.3 Å². The van der Waals surface area contributed by atoms with Crippen molar-refractivity contribution in [1.29, 1.82) is 0 Å². The number of ether oxygens (including phenoxy) is 1. The van der Waals surface area contributed by atoms with Gasteiger partial charge >= 0.3 is 0 Å². The van der Waals surface area contributed by atoms with Gasteiger partial charge in [0, 0.05) is 27.9 Å². The summed E-state index contributed by atoms with van der Waals surface area (Å²) in [6.45, 7) is 0. The molecule has 11 aromatic carbocycles. The van der Waals surface area contributed by atoms with Gasteiger partial charge in [0.25, 0.3) is 0 Å². The number of rotatable bonds is 8. The Morgan fingerprint density at radius 2 is 0.797 bits per heavy atom. The standard InChI is InChI=1S/C62H41NO/c1-3-14-43(15-4-1)54-38-32-48(40-57(54)45-16-5-2-6-17-45)42-28-34-50(35-29-42)63(51-36-30-46(31-37-51)53-24-11-19-44-18-7-8-22-52(44)53)59-26-10-9-23-55(59)49-33-39-60-58(41-49)56-25-12-20-47-21-13-27-61(64-60)62(47)56/h1-41H. The lowest BCUT2D eigenvalue weighted by Gasteiger charge is -2.29. The molecule has 0 N–H and O–H groups in total. The van der Waals surface area contributed by atoms with E-state index in [0.29, 0.717) is 0 Å². The molecule has 0 aromatic heterocycles. The molecular weight excluding hydrogens is 775 g/mol. The van der Waals surface area contributed by atoms with Crippen LogP contribution in [0.1, 0.15) is 0 Å². The first-order valence-electron chi connectivity index (χ1n) is 21.9. The van der Waals surface area contributed by atoms with Crippen LogP contribution in [0.3, 0.4) is 0 Å². The third-order valence-corrected chi connectivity index (χ3v) is 12.7. The Labute approximate surface area is 373 Å². The summed E-state index contributed by atoms with van der Waals surface area (Å²) in [6, 6.07) is 89.7. The summed E-state index contributed by atoms with van der Waals surface area (Å²) in [4.78, 5) is 2.39. The molecule has 0 aliphatic carbocycles. The third kappa shape index (κ3) is 6.61. The molecule has 0 atom stereocenters. The number of hydrogen-bond donors (Lipinski definition) is 0. The minimum absolute atomic E-state index is 0.871. The van der Waals surface area contributed by atoms with Gasteiger partial charge in [-0.3, -0.25) is 0 Å². The van der Waals surface area contributed by atoms with Crippen LogP contribution in [0, 0.1) is 0 Å². The highest BCUT2D eigenvalue weighted by atomic mass is 16.5. The van der Waals surface area contributed by atoms with E-state index in [-0.39, 0.29) is 0 Å². The van der Waals surface area contributed by atoms with Crippen LogP contribution in [-0.4, -0.2) is 0 Å². The van der Waals surface area contributed by atoms with E-state index in [9.17, 15) is 0 Å². The first kappa shape index (κ1) is 37.3. The molecule has 11 aromatic rings. The van der Waals surface area contributed by atoms with Crippen molar-refractivity contribution in [3.8, 4) is 78.3 Å². The van der Waals surface area contributed by atoms with Crippen LogP contribution < -0.4 is 9.64 Å². The van der Waals surface area contributed by atoms with Crippen LogP contribution in [0.4, 0.5) is 17.1 Å². The maximum absolute atomic E-state index is 6.53. The van der Waals surface area contributed by atoms with Crippen LogP contribution in [0.2, 0.25) is 0 Å². The van der Waals surface area contributed by atoms with Crippen LogP contribution in [-0.2, 0) is 0 Å². The van der Waals surface area contributed by atoms with E-state index in [4.69, 9.17) is 4.74 Å². The summed E-state index contributed by atoms with van der Waals surface area (Å²) >= 11 is 0. The summed E-state index contributed by atoms with van der Waals surface area (Å²) in [5.41, 5.74) is 17.3. The van der Waals surface area contributed by atoms with Gasteiger partial charge in [0.2, 0.25) is 0 Å². The molecule has 1 aliphatic heterocycles. The molecule has 64 heavy (non-hydrogen) atoms. The lowest BCUT2D eigenvalue weighted by molar-refractivity contribution is 0.487. The van der Waals surface area contributed by atoms with Crippen molar-refractivity contribution in [2.75, 3.05) is 4.90 Å². The topological polar surface area (TPSA) is 12.5 Å². The van der Waals surface area contributed by atoms with Gasteiger partial charge in [0.05, 0.1) is 5.69 Å². The van der Waals surface area contributed by atoms with E-state index < -0.39 is 0 Å². The van der Waals surface area contributed by atoms with Crippen LogP contribution in [0.15, 0.2) is 249 Å². The second-order valence-electron chi connectivity index (χ2n) is 16.4. The van der Waals surface area contributed by atoms with Gasteiger partial charge in [-0.1, -0.05) is 194 Å². The van der Waals surface area contributed by atoms with Crippen molar-refractivity contribution in [2.24, 2.45) is 0 Å². The maximum Gasteiger partial charge on any atom is 0.135 e. The first-order chi connectivity index (χ1) is 31.7. The Morgan fingerprint density at radius 3 is 1.56 bits per heavy atom. The Morgan fingerprint density at radius 1 is 0.266 bits per heavy atom. The largest absolute Gasteiger partial charge is 0.456 e. The van der Waals surface area contributed by atoms with Gasteiger partial charge in [0.15, 0.2) is 0 Å². The fourth-order valence-electron chi connectivity index (χ4n) is 9.59. The predicted molar refractivity (Wildman–Crippen MR) is 269 cm³/mol. The molecule has 0 unspecified atom stereocenters. The molecule has 0 amide bonds. The van der Waals surface area contributed by atoms with Crippen molar-refractivity contribution in [1.82, 2.24) is 0 Å². The zero-order valence-corrected chi connectivity index (χ0v) is 35.0. The van der Waals surface area contributed by atoms with E-state index >= 15 is 0 Å². The minimum Gasteiger partial charge on any atom is -0.456 e. The van der Waals surface area contributed by atoms with Gasteiger partial charge in [-0.2, -0.15) is 0 Å². The van der Waals surface area contributed by atoms with Gasteiger partial charge in [-0.05, 0) is 126 Å². The Balaban J connectivity index is 0.980. The molecule has 0 bridgehead atoms. The molecule has 0 fully saturated rings. The second kappa shape index (κ2) is 15.8.